The van der Waals surface area contributed by atoms with Crippen molar-refractivity contribution in [2.75, 3.05) is 18.4 Å². The monoisotopic (exact) mass is 404 g/mol. The van der Waals surface area contributed by atoms with E-state index in [1.807, 2.05) is 0 Å². The van der Waals surface area contributed by atoms with Gasteiger partial charge in [-0.05, 0) is 17.7 Å². The highest BCUT2D eigenvalue weighted by Gasteiger charge is 2.42. The highest BCUT2D eigenvalue weighted by Crippen LogP contribution is 2.33. The van der Waals surface area contributed by atoms with E-state index in [0.717, 1.165) is 12.1 Å². The number of β-amino-alcohol motifs (C(OH)–C–C–N with tert-alkyl or cyclic N) is 1. The molecule has 0 aliphatic carbocycles. The molecule has 1 aliphatic heterocycles. The Morgan fingerprint density at radius 2 is 1.67 bits per heavy atom. The molecule has 1 heterocycles. The van der Waals surface area contributed by atoms with Gasteiger partial charge in [0.1, 0.15) is 0 Å². The van der Waals surface area contributed by atoms with Crippen LogP contribution in [0.25, 0.3) is 0 Å². The lowest BCUT2D eigenvalue weighted by atomic mass is 9.96. The van der Waals surface area contributed by atoms with Crippen LogP contribution in [0.5, 0.6) is 0 Å². The molecule has 1 fully saturated rings. The van der Waals surface area contributed by atoms with Crippen molar-refractivity contribution in [1.29, 1.82) is 0 Å². The summed E-state index contributed by atoms with van der Waals surface area (Å²) in [6.07, 6.45) is -12.5. The minimum absolute atomic E-state index is 0.0797. The van der Waals surface area contributed by atoms with E-state index in [0.29, 0.717) is 0 Å². The molecular formula is C14H14F6N2O5. The molecule has 0 saturated carbocycles. The number of aliphatic carboxylic acids is 1. The number of hydrogen-bond donors (Lipinski definition) is 5. The summed E-state index contributed by atoms with van der Waals surface area (Å²) in [6, 6.07) is 4.78. The van der Waals surface area contributed by atoms with Gasteiger partial charge < -0.3 is 26.0 Å². The zero-order valence-electron chi connectivity index (χ0n) is 13.2. The SMILES string of the molecule is O=C(Nc1cccc(C(O)C(F)(F)F)c1)C1(O)CNC1.O=C(O)C(F)(F)F. The number of aliphatic hydroxyl groups excluding tert-OH is 1. The molecule has 0 spiro atoms. The van der Waals surface area contributed by atoms with E-state index in [4.69, 9.17) is 15.0 Å². The van der Waals surface area contributed by atoms with Gasteiger partial charge in [0.15, 0.2) is 11.7 Å². The van der Waals surface area contributed by atoms with Gasteiger partial charge in [0.05, 0.1) is 0 Å². The van der Waals surface area contributed by atoms with Crippen LogP contribution in [-0.4, -0.2) is 58.2 Å². The number of carboxylic acids is 1. The summed E-state index contributed by atoms with van der Waals surface area (Å²) in [4.78, 5) is 20.6. The smallest absolute Gasteiger partial charge is 0.475 e. The molecule has 1 aromatic rings. The van der Waals surface area contributed by atoms with Gasteiger partial charge in [0.2, 0.25) is 0 Å². The van der Waals surface area contributed by atoms with Crippen LogP contribution in [0.3, 0.4) is 0 Å². The molecule has 5 N–H and O–H groups in total. The number of halogens is 6. The van der Waals surface area contributed by atoms with Gasteiger partial charge in [-0.15, -0.1) is 0 Å². The van der Waals surface area contributed by atoms with Crippen LogP contribution < -0.4 is 10.6 Å². The first kappa shape index (κ1) is 22.7. The minimum Gasteiger partial charge on any atom is -0.475 e. The van der Waals surface area contributed by atoms with Gasteiger partial charge in [-0.1, -0.05) is 12.1 Å². The Morgan fingerprint density at radius 1 is 1.15 bits per heavy atom. The number of aliphatic hydroxyl groups is 2. The fraction of sp³-hybridized carbons (Fsp3) is 0.429. The van der Waals surface area contributed by atoms with Crippen LogP contribution in [0.4, 0.5) is 32.0 Å². The summed E-state index contributed by atoms with van der Waals surface area (Å²) in [7, 11) is 0. The standard InChI is InChI=1S/C12H13F3N2O3.C2HF3O2/c13-12(14,15)9(18)7-2-1-3-8(4-7)17-10(19)11(20)5-16-6-11;3-2(4,5)1(6)7/h1-4,9,16,18,20H,5-6H2,(H,17,19);(H,6,7). The average Bonchev–Trinajstić information content (AvgIpc) is 2.50. The number of carbonyl (C=O) groups is 2. The molecule has 2 rings (SSSR count). The molecule has 7 nitrogen and oxygen atoms in total. The van der Waals surface area contributed by atoms with Crippen molar-refractivity contribution in [3.8, 4) is 0 Å². The molecule has 0 radical (unpaired) electrons. The van der Waals surface area contributed by atoms with Gasteiger partial charge in [-0.3, -0.25) is 4.79 Å². The van der Waals surface area contributed by atoms with Crippen molar-refractivity contribution >= 4 is 17.6 Å². The van der Waals surface area contributed by atoms with Crippen LogP contribution in [-0.2, 0) is 9.59 Å². The molecule has 13 heteroatoms. The normalized spacial score (nSPS) is 17.0. The number of carbonyl (C=O) groups excluding carboxylic acids is 1. The molecular weight excluding hydrogens is 390 g/mol. The van der Waals surface area contributed by atoms with Gasteiger partial charge in [0, 0.05) is 18.8 Å². The van der Waals surface area contributed by atoms with E-state index in [1.165, 1.54) is 12.1 Å². The number of anilines is 1. The third-order valence-corrected chi connectivity index (χ3v) is 3.27. The van der Waals surface area contributed by atoms with Gasteiger partial charge in [-0.25, -0.2) is 4.79 Å². The van der Waals surface area contributed by atoms with Crippen LogP contribution in [0.2, 0.25) is 0 Å². The fourth-order valence-corrected chi connectivity index (χ4v) is 1.75. The van der Waals surface area contributed by atoms with Crippen molar-refractivity contribution in [3.63, 3.8) is 0 Å². The van der Waals surface area contributed by atoms with E-state index < -0.39 is 35.9 Å². The number of rotatable bonds is 3. The first-order valence-electron chi connectivity index (χ1n) is 7.06. The van der Waals surface area contributed by atoms with Crippen molar-refractivity contribution in [1.82, 2.24) is 5.32 Å². The summed E-state index contributed by atoms with van der Waals surface area (Å²) >= 11 is 0. The number of alkyl halides is 6. The Kier molecular flexibility index (Phi) is 6.80. The van der Waals surface area contributed by atoms with E-state index in [-0.39, 0.29) is 24.3 Å². The van der Waals surface area contributed by atoms with Crippen LogP contribution in [0.1, 0.15) is 11.7 Å². The predicted molar refractivity (Wildman–Crippen MR) is 77.6 cm³/mol. The summed E-state index contributed by atoms with van der Waals surface area (Å²) in [5, 5.41) is 31.0. The zero-order valence-corrected chi connectivity index (χ0v) is 13.2. The van der Waals surface area contributed by atoms with Gasteiger partial charge >= 0.3 is 18.3 Å². The van der Waals surface area contributed by atoms with Crippen LogP contribution in [0, 0.1) is 0 Å². The summed E-state index contributed by atoms with van der Waals surface area (Å²) in [5.74, 6) is -3.46. The highest BCUT2D eigenvalue weighted by molar-refractivity contribution is 5.98. The molecule has 0 bridgehead atoms. The Bertz CT molecular complexity index is 687. The quantitative estimate of drug-likeness (QED) is 0.483. The molecule has 27 heavy (non-hydrogen) atoms. The molecule has 1 amide bonds. The van der Waals surface area contributed by atoms with E-state index in [2.05, 4.69) is 10.6 Å². The van der Waals surface area contributed by atoms with E-state index in [9.17, 15) is 36.2 Å². The average molecular weight is 404 g/mol. The first-order chi connectivity index (χ1) is 12.2. The van der Waals surface area contributed by atoms with E-state index >= 15 is 0 Å². The van der Waals surface area contributed by atoms with E-state index in [1.54, 1.807) is 0 Å². The maximum atomic E-state index is 12.4. The molecule has 0 aromatic heterocycles. The molecule has 1 unspecified atom stereocenters. The predicted octanol–water partition coefficient (Wildman–Crippen LogP) is 1.19. The van der Waals surface area contributed by atoms with Gasteiger partial charge in [-0.2, -0.15) is 26.3 Å². The second-order valence-electron chi connectivity index (χ2n) is 5.46. The van der Waals surface area contributed by atoms with Crippen molar-refractivity contribution in [2.24, 2.45) is 0 Å². The second kappa shape index (κ2) is 8.10. The Labute approximate surface area is 147 Å². The third-order valence-electron chi connectivity index (χ3n) is 3.27. The van der Waals surface area contributed by atoms with Crippen LogP contribution >= 0.6 is 0 Å². The zero-order chi connectivity index (χ0) is 21.0. The summed E-state index contributed by atoms with van der Waals surface area (Å²) in [6.45, 7) is 0.174. The third kappa shape index (κ3) is 6.37. The second-order valence-corrected chi connectivity index (χ2v) is 5.46. The summed E-state index contributed by atoms with van der Waals surface area (Å²) < 4.78 is 68.9. The number of amides is 1. The lowest BCUT2D eigenvalue weighted by Gasteiger charge is -2.35. The lowest BCUT2D eigenvalue weighted by molar-refractivity contribution is -0.206. The Balaban J connectivity index is 0.000000445. The number of benzene rings is 1. The first-order valence-corrected chi connectivity index (χ1v) is 7.06. The fourth-order valence-electron chi connectivity index (χ4n) is 1.75. The van der Waals surface area contributed by atoms with Crippen LogP contribution in [0.15, 0.2) is 24.3 Å². The Morgan fingerprint density at radius 3 is 2.04 bits per heavy atom. The topological polar surface area (TPSA) is 119 Å². The highest BCUT2D eigenvalue weighted by atomic mass is 19.4. The number of nitrogens with one attached hydrogen (secondary N) is 2. The molecule has 152 valence electrons. The summed E-state index contributed by atoms with van der Waals surface area (Å²) in [5.41, 5.74) is -1.84. The number of carboxylic acid groups (broad SMARTS) is 1. The van der Waals surface area contributed by atoms with Crippen molar-refractivity contribution < 1.29 is 51.3 Å². The molecule has 1 aliphatic rings. The maximum absolute atomic E-state index is 12.4. The molecule has 1 atom stereocenters. The maximum Gasteiger partial charge on any atom is 0.490 e. The largest absolute Gasteiger partial charge is 0.490 e. The van der Waals surface area contributed by atoms with Gasteiger partial charge in [0.25, 0.3) is 5.91 Å². The molecule has 1 aromatic carbocycles. The number of hydrogen-bond acceptors (Lipinski definition) is 5. The van der Waals surface area contributed by atoms with Crippen molar-refractivity contribution in [2.45, 2.75) is 24.1 Å². The Hall–Kier alpha value is -2.38. The molecule has 1 saturated heterocycles. The lowest BCUT2D eigenvalue weighted by Crippen LogP contribution is -2.65. The minimum atomic E-state index is -5.08. The van der Waals surface area contributed by atoms with Crippen molar-refractivity contribution in [3.05, 3.63) is 29.8 Å².